The number of nitrogens with two attached hydrogens (primary N) is 1. The molecule has 1 aliphatic heterocycles. The zero-order chi connectivity index (χ0) is 19.1. The van der Waals surface area contributed by atoms with E-state index in [2.05, 4.69) is 56.4 Å². The number of hydrazine groups is 1. The molecule has 0 amide bonds. The highest BCUT2D eigenvalue weighted by Crippen LogP contribution is 2.34. The summed E-state index contributed by atoms with van der Waals surface area (Å²) < 4.78 is 6.25. The monoisotopic (exact) mass is 374 g/mol. The van der Waals surface area contributed by atoms with Gasteiger partial charge in [0.05, 0.1) is 24.8 Å². The van der Waals surface area contributed by atoms with E-state index in [9.17, 15) is 4.91 Å². The molecule has 2 fully saturated rings. The maximum atomic E-state index is 10.7. The molecule has 2 aliphatic rings. The Morgan fingerprint density at radius 2 is 1.96 bits per heavy atom. The lowest BCUT2D eigenvalue weighted by Gasteiger charge is -2.33. The first kappa shape index (κ1) is 19.6. The van der Waals surface area contributed by atoms with Gasteiger partial charge in [0.15, 0.2) is 0 Å². The summed E-state index contributed by atoms with van der Waals surface area (Å²) in [4.78, 5) is 16.9. The van der Waals surface area contributed by atoms with E-state index in [4.69, 9.17) is 10.6 Å². The molecule has 1 heterocycles. The van der Waals surface area contributed by atoms with Crippen LogP contribution in [0.5, 0.6) is 0 Å². The standard InChI is InChI=1S/C19H30N6O2/c1-21-19(22-20)25-12-11-17(23-24-26)18(25)13-27-16-9-7-15(8-10-16)14-5-3-2-4-6-14/h2-6,15-18H,7-13,20H2,1H3,(H,21,22)(H,23,26). The van der Waals surface area contributed by atoms with Crippen molar-refractivity contribution >= 4 is 5.96 Å². The van der Waals surface area contributed by atoms with Crippen molar-refractivity contribution in [3.8, 4) is 0 Å². The lowest BCUT2D eigenvalue weighted by molar-refractivity contribution is 0.00114. The lowest BCUT2D eigenvalue weighted by Crippen LogP contribution is -2.52. The van der Waals surface area contributed by atoms with Crippen LogP contribution in [0.25, 0.3) is 0 Å². The Labute approximate surface area is 160 Å². The zero-order valence-corrected chi connectivity index (χ0v) is 15.9. The van der Waals surface area contributed by atoms with Crippen LogP contribution in [-0.4, -0.2) is 49.2 Å². The fourth-order valence-corrected chi connectivity index (χ4v) is 4.34. The van der Waals surface area contributed by atoms with Crippen LogP contribution in [-0.2, 0) is 4.74 Å². The second-order valence-corrected chi connectivity index (χ2v) is 7.29. The third kappa shape index (κ3) is 4.75. The quantitative estimate of drug-likeness (QED) is 0.231. The molecule has 148 valence electrons. The van der Waals surface area contributed by atoms with Crippen LogP contribution in [0.1, 0.15) is 43.6 Å². The predicted octanol–water partition coefficient (Wildman–Crippen LogP) is 1.89. The number of benzene rings is 1. The van der Waals surface area contributed by atoms with Gasteiger partial charge >= 0.3 is 0 Å². The SMILES string of the molecule is CN=C(NN)N1CCC(NN=O)C1COC1CCC(c2ccccc2)CC1. The zero-order valence-electron chi connectivity index (χ0n) is 15.9. The number of nitrogens with zero attached hydrogens (tertiary/aromatic N) is 3. The normalized spacial score (nSPS) is 28.8. The first-order valence-electron chi connectivity index (χ1n) is 9.71. The summed E-state index contributed by atoms with van der Waals surface area (Å²) in [5.74, 6) is 6.82. The highest BCUT2D eigenvalue weighted by Gasteiger charge is 2.37. The van der Waals surface area contributed by atoms with Gasteiger partial charge in [-0.25, -0.2) is 5.84 Å². The van der Waals surface area contributed by atoms with Gasteiger partial charge in [-0.05, 0) is 43.6 Å². The molecule has 2 atom stereocenters. The third-order valence-corrected chi connectivity index (χ3v) is 5.83. The van der Waals surface area contributed by atoms with Gasteiger partial charge in [0.25, 0.3) is 0 Å². The molecule has 8 nitrogen and oxygen atoms in total. The van der Waals surface area contributed by atoms with Gasteiger partial charge in [0, 0.05) is 18.9 Å². The van der Waals surface area contributed by atoms with Gasteiger partial charge < -0.3 is 9.64 Å². The topological polar surface area (TPSA) is 104 Å². The van der Waals surface area contributed by atoms with Gasteiger partial charge in [-0.2, -0.15) is 0 Å². The summed E-state index contributed by atoms with van der Waals surface area (Å²) in [5, 5.41) is 2.88. The number of rotatable bonds is 6. The number of nitroso groups, excluding NO2 is 1. The number of guanidine groups is 1. The van der Waals surface area contributed by atoms with E-state index in [1.165, 1.54) is 5.56 Å². The van der Waals surface area contributed by atoms with E-state index in [1.54, 1.807) is 7.05 Å². The minimum absolute atomic E-state index is 0.0238. The molecule has 3 rings (SSSR count). The Balaban J connectivity index is 1.53. The highest BCUT2D eigenvalue weighted by atomic mass is 16.5. The van der Waals surface area contributed by atoms with Crippen molar-refractivity contribution in [2.45, 2.75) is 56.2 Å². The van der Waals surface area contributed by atoms with E-state index in [0.29, 0.717) is 18.5 Å². The average molecular weight is 374 g/mol. The van der Waals surface area contributed by atoms with Crippen molar-refractivity contribution in [3.63, 3.8) is 0 Å². The van der Waals surface area contributed by atoms with Gasteiger partial charge in [-0.1, -0.05) is 30.3 Å². The largest absolute Gasteiger partial charge is 0.376 e. The van der Waals surface area contributed by atoms with Crippen LogP contribution in [0.15, 0.2) is 40.6 Å². The summed E-state index contributed by atoms with van der Waals surface area (Å²) >= 11 is 0. The average Bonchev–Trinajstić information content (AvgIpc) is 3.11. The fraction of sp³-hybridized carbons (Fsp3) is 0.632. The molecule has 0 aromatic heterocycles. The molecule has 1 aromatic carbocycles. The van der Waals surface area contributed by atoms with Crippen LogP contribution < -0.4 is 16.7 Å². The Morgan fingerprint density at radius 3 is 2.59 bits per heavy atom. The van der Waals surface area contributed by atoms with Crippen molar-refractivity contribution in [2.24, 2.45) is 16.1 Å². The van der Waals surface area contributed by atoms with Gasteiger partial charge in [0.2, 0.25) is 5.96 Å². The molecule has 27 heavy (non-hydrogen) atoms. The van der Waals surface area contributed by atoms with E-state index < -0.39 is 0 Å². The number of hydrogen-bond donors (Lipinski definition) is 3. The number of ether oxygens (including phenoxy) is 1. The predicted molar refractivity (Wildman–Crippen MR) is 106 cm³/mol. The molecule has 1 saturated heterocycles. The van der Waals surface area contributed by atoms with Crippen molar-refractivity contribution in [2.75, 3.05) is 20.2 Å². The molecule has 0 radical (unpaired) electrons. The Bertz CT molecular complexity index is 618. The first-order valence-corrected chi connectivity index (χ1v) is 9.71. The number of aliphatic imine (C=N–C) groups is 1. The number of likely N-dealkylation sites (tertiary alicyclic amines) is 1. The van der Waals surface area contributed by atoms with Gasteiger partial charge in [-0.15, -0.1) is 4.91 Å². The van der Waals surface area contributed by atoms with Crippen molar-refractivity contribution in [3.05, 3.63) is 40.8 Å². The summed E-state index contributed by atoms with van der Waals surface area (Å²) in [5.41, 5.74) is 6.73. The molecular formula is C19H30N6O2. The maximum absolute atomic E-state index is 10.7. The van der Waals surface area contributed by atoms with Crippen LogP contribution in [0.3, 0.4) is 0 Å². The van der Waals surface area contributed by atoms with Crippen molar-refractivity contribution in [1.82, 2.24) is 15.8 Å². The summed E-state index contributed by atoms with van der Waals surface area (Å²) in [6, 6.07) is 10.6. The van der Waals surface area contributed by atoms with E-state index >= 15 is 0 Å². The number of hydrogen-bond acceptors (Lipinski definition) is 5. The molecule has 0 spiro atoms. The van der Waals surface area contributed by atoms with Crippen molar-refractivity contribution in [1.29, 1.82) is 0 Å². The first-order chi connectivity index (χ1) is 13.3. The highest BCUT2D eigenvalue weighted by molar-refractivity contribution is 5.80. The van der Waals surface area contributed by atoms with Gasteiger partial charge in [0.1, 0.15) is 0 Å². The third-order valence-electron chi connectivity index (χ3n) is 5.83. The summed E-state index contributed by atoms with van der Waals surface area (Å²) in [7, 11) is 1.69. The Morgan fingerprint density at radius 1 is 1.22 bits per heavy atom. The number of nitrogens with one attached hydrogen (secondary N) is 2. The van der Waals surface area contributed by atoms with Gasteiger partial charge in [-0.3, -0.25) is 15.8 Å². The Hall–Kier alpha value is -2.19. The molecule has 1 aliphatic carbocycles. The molecule has 4 N–H and O–H groups in total. The minimum Gasteiger partial charge on any atom is -0.376 e. The van der Waals surface area contributed by atoms with E-state index in [-0.39, 0.29) is 18.2 Å². The maximum Gasteiger partial charge on any atom is 0.208 e. The molecule has 1 saturated carbocycles. The smallest absolute Gasteiger partial charge is 0.208 e. The Kier molecular flexibility index (Phi) is 7.00. The van der Waals surface area contributed by atoms with Crippen LogP contribution in [0.4, 0.5) is 0 Å². The molecule has 2 unspecified atom stereocenters. The minimum atomic E-state index is -0.0618. The van der Waals surface area contributed by atoms with Crippen LogP contribution >= 0.6 is 0 Å². The molecule has 1 aromatic rings. The van der Waals surface area contributed by atoms with Crippen LogP contribution in [0, 0.1) is 4.91 Å². The van der Waals surface area contributed by atoms with Crippen molar-refractivity contribution < 1.29 is 4.74 Å². The molecule has 0 bridgehead atoms. The van der Waals surface area contributed by atoms with E-state index in [0.717, 1.165) is 38.6 Å². The summed E-state index contributed by atoms with van der Waals surface area (Å²) in [6.07, 6.45) is 5.45. The second-order valence-electron chi connectivity index (χ2n) is 7.29. The molecule has 8 heteroatoms. The fourth-order valence-electron chi connectivity index (χ4n) is 4.34. The summed E-state index contributed by atoms with van der Waals surface area (Å²) in [6.45, 7) is 1.27. The van der Waals surface area contributed by atoms with E-state index in [1.807, 2.05) is 0 Å². The lowest BCUT2D eigenvalue weighted by atomic mass is 9.83. The molecular weight excluding hydrogens is 344 g/mol. The van der Waals surface area contributed by atoms with Crippen LogP contribution in [0.2, 0.25) is 0 Å². The second kappa shape index (κ2) is 9.66.